The summed E-state index contributed by atoms with van der Waals surface area (Å²) in [6.45, 7) is -0.222. The first kappa shape index (κ1) is 14.0. The Labute approximate surface area is 123 Å². The zero-order chi connectivity index (χ0) is 13.8. The van der Waals surface area contributed by atoms with E-state index in [9.17, 15) is 9.18 Å². The van der Waals surface area contributed by atoms with Crippen molar-refractivity contribution < 1.29 is 13.9 Å². The van der Waals surface area contributed by atoms with Crippen molar-refractivity contribution in [2.75, 3.05) is 6.61 Å². The highest BCUT2D eigenvalue weighted by Crippen LogP contribution is 2.21. The Kier molecular flexibility index (Phi) is 4.56. The Morgan fingerprint density at radius 1 is 1.21 bits per heavy atom. The summed E-state index contributed by atoms with van der Waals surface area (Å²) in [4.78, 5) is 11.8. The highest BCUT2D eigenvalue weighted by molar-refractivity contribution is 9.10. The second-order valence-corrected chi connectivity index (χ2v) is 5.15. The minimum Gasteiger partial charge on any atom is -0.482 e. The summed E-state index contributed by atoms with van der Waals surface area (Å²) in [5, 5.41) is 0.552. The highest BCUT2D eigenvalue weighted by atomic mass is 79.9. The Morgan fingerprint density at radius 2 is 1.89 bits per heavy atom. The van der Waals surface area contributed by atoms with Crippen LogP contribution in [0.25, 0.3) is 0 Å². The summed E-state index contributed by atoms with van der Waals surface area (Å²) < 4.78 is 19.2. The van der Waals surface area contributed by atoms with Crippen molar-refractivity contribution in [3.8, 4) is 5.75 Å². The fourth-order valence-electron chi connectivity index (χ4n) is 1.45. The monoisotopic (exact) mass is 342 g/mol. The molecule has 98 valence electrons. The van der Waals surface area contributed by atoms with Crippen molar-refractivity contribution >= 4 is 33.3 Å². The Balaban J connectivity index is 2.02. The van der Waals surface area contributed by atoms with Gasteiger partial charge in [-0.3, -0.25) is 4.79 Å². The summed E-state index contributed by atoms with van der Waals surface area (Å²) in [5.74, 6) is -0.706. The highest BCUT2D eigenvalue weighted by Gasteiger charge is 2.09. The summed E-state index contributed by atoms with van der Waals surface area (Å²) >= 11 is 8.87. The molecule has 2 aromatic carbocycles. The lowest BCUT2D eigenvalue weighted by Gasteiger charge is -2.07. The van der Waals surface area contributed by atoms with E-state index in [1.165, 1.54) is 12.1 Å². The van der Waals surface area contributed by atoms with E-state index in [0.29, 0.717) is 15.1 Å². The normalized spacial score (nSPS) is 10.3. The standard InChI is InChI=1S/C14H9BrClFO2/c15-10-3-6-14(12(17)7-10)19-8-13(18)9-1-4-11(16)5-2-9/h1-7H,8H2. The molecule has 19 heavy (non-hydrogen) atoms. The van der Waals surface area contributed by atoms with Crippen LogP contribution in [0, 0.1) is 5.82 Å². The number of Topliss-reactive ketones (excluding diaryl/α,β-unsaturated/α-hetero) is 1. The fourth-order valence-corrected chi connectivity index (χ4v) is 1.91. The Morgan fingerprint density at radius 3 is 2.53 bits per heavy atom. The lowest BCUT2D eigenvalue weighted by molar-refractivity contribution is 0.0919. The van der Waals surface area contributed by atoms with Gasteiger partial charge in [-0.05, 0) is 42.5 Å². The third kappa shape index (κ3) is 3.78. The van der Waals surface area contributed by atoms with Crippen LogP contribution in [0.2, 0.25) is 5.02 Å². The first-order valence-corrected chi connectivity index (χ1v) is 6.60. The molecular formula is C14H9BrClFO2. The van der Waals surface area contributed by atoms with Crippen molar-refractivity contribution in [1.82, 2.24) is 0 Å². The number of hydrogen-bond donors (Lipinski definition) is 0. The van der Waals surface area contributed by atoms with Gasteiger partial charge in [-0.25, -0.2) is 4.39 Å². The van der Waals surface area contributed by atoms with Gasteiger partial charge in [0.2, 0.25) is 0 Å². The van der Waals surface area contributed by atoms with Crippen LogP contribution in [0.1, 0.15) is 10.4 Å². The predicted molar refractivity (Wildman–Crippen MR) is 75.4 cm³/mol. The zero-order valence-electron chi connectivity index (χ0n) is 9.70. The maximum absolute atomic E-state index is 13.5. The molecule has 0 heterocycles. The van der Waals surface area contributed by atoms with Crippen LogP contribution in [0.15, 0.2) is 46.9 Å². The summed E-state index contributed by atoms with van der Waals surface area (Å²) in [6.07, 6.45) is 0. The van der Waals surface area contributed by atoms with Crippen LogP contribution in [0.3, 0.4) is 0 Å². The van der Waals surface area contributed by atoms with E-state index in [1.807, 2.05) is 0 Å². The molecule has 0 saturated carbocycles. The lowest BCUT2D eigenvalue weighted by atomic mass is 10.1. The molecule has 0 spiro atoms. The van der Waals surface area contributed by atoms with Gasteiger partial charge in [0, 0.05) is 15.1 Å². The van der Waals surface area contributed by atoms with E-state index in [-0.39, 0.29) is 18.1 Å². The molecule has 0 bridgehead atoms. The molecule has 0 N–H and O–H groups in total. The lowest BCUT2D eigenvalue weighted by Crippen LogP contribution is -2.12. The molecule has 0 saturated heterocycles. The van der Waals surface area contributed by atoms with Crippen LogP contribution in [-0.4, -0.2) is 12.4 Å². The average molecular weight is 344 g/mol. The summed E-state index contributed by atoms with van der Waals surface area (Å²) in [6, 6.07) is 10.8. The largest absolute Gasteiger partial charge is 0.482 e. The fraction of sp³-hybridized carbons (Fsp3) is 0.0714. The zero-order valence-corrected chi connectivity index (χ0v) is 12.0. The number of hydrogen-bond acceptors (Lipinski definition) is 2. The van der Waals surface area contributed by atoms with Crippen LogP contribution < -0.4 is 4.74 Å². The number of ether oxygens (including phenoxy) is 1. The minimum absolute atomic E-state index is 0.0468. The van der Waals surface area contributed by atoms with Crippen molar-refractivity contribution in [3.63, 3.8) is 0 Å². The summed E-state index contributed by atoms with van der Waals surface area (Å²) in [5.41, 5.74) is 0.474. The van der Waals surface area contributed by atoms with Crippen LogP contribution in [-0.2, 0) is 0 Å². The van der Waals surface area contributed by atoms with E-state index >= 15 is 0 Å². The first-order valence-electron chi connectivity index (χ1n) is 5.43. The third-order valence-corrected chi connectivity index (χ3v) is 3.16. The molecular weight excluding hydrogens is 335 g/mol. The van der Waals surface area contributed by atoms with Crippen molar-refractivity contribution in [2.24, 2.45) is 0 Å². The van der Waals surface area contributed by atoms with Gasteiger partial charge >= 0.3 is 0 Å². The van der Waals surface area contributed by atoms with E-state index in [1.54, 1.807) is 30.3 Å². The number of rotatable bonds is 4. The maximum atomic E-state index is 13.5. The number of carbonyl (C=O) groups is 1. The molecule has 0 unspecified atom stereocenters. The van der Waals surface area contributed by atoms with Gasteiger partial charge in [-0.1, -0.05) is 27.5 Å². The smallest absolute Gasteiger partial charge is 0.200 e. The molecule has 0 atom stereocenters. The van der Waals surface area contributed by atoms with Gasteiger partial charge in [0.05, 0.1) is 0 Å². The Hall–Kier alpha value is -1.39. The molecule has 2 rings (SSSR count). The molecule has 0 aliphatic rings. The average Bonchev–Trinajstić information content (AvgIpc) is 2.38. The molecule has 0 aromatic heterocycles. The van der Waals surface area contributed by atoms with Crippen LogP contribution in [0.5, 0.6) is 5.75 Å². The summed E-state index contributed by atoms with van der Waals surface area (Å²) in [7, 11) is 0. The maximum Gasteiger partial charge on any atom is 0.200 e. The molecule has 0 aliphatic carbocycles. The number of benzene rings is 2. The molecule has 0 radical (unpaired) electrons. The number of ketones is 1. The van der Waals surface area contributed by atoms with Crippen molar-refractivity contribution in [1.29, 1.82) is 0 Å². The van der Waals surface area contributed by atoms with E-state index in [0.717, 1.165) is 0 Å². The number of halogens is 3. The van der Waals surface area contributed by atoms with Crippen molar-refractivity contribution in [3.05, 3.63) is 63.3 Å². The second kappa shape index (κ2) is 6.17. The first-order chi connectivity index (χ1) is 9.06. The van der Waals surface area contributed by atoms with E-state index in [4.69, 9.17) is 16.3 Å². The SMILES string of the molecule is O=C(COc1ccc(Br)cc1F)c1ccc(Cl)cc1. The molecule has 0 amide bonds. The molecule has 0 fully saturated rings. The Bertz CT molecular complexity index is 599. The third-order valence-electron chi connectivity index (χ3n) is 2.42. The van der Waals surface area contributed by atoms with Gasteiger partial charge in [-0.15, -0.1) is 0 Å². The van der Waals surface area contributed by atoms with Gasteiger partial charge in [-0.2, -0.15) is 0 Å². The molecule has 5 heteroatoms. The molecule has 2 nitrogen and oxygen atoms in total. The number of carbonyl (C=O) groups excluding carboxylic acids is 1. The quantitative estimate of drug-likeness (QED) is 0.764. The van der Waals surface area contributed by atoms with Gasteiger partial charge in [0.25, 0.3) is 0 Å². The van der Waals surface area contributed by atoms with Crippen LogP contribution >= 0.6 is 27.5 Å². The van der Waals surface area contributed by atoms with Crippen molar-refractivity contribution in [2.45, 2.75) is 0 Å². The van der Waals surface area contributed by atoms with Gasteiger partial charge in [0.1, 0.15) is 0 Å². The van der Waals surface area contributed by atoms with Crippen LogP contribution in [0.4, 0.5) is 4.39 Å². The molecule has 0 aliphatic heterocycles. The minimum atomic E-state index is -0.515. The van der Waals surface area contributed by atoms with E-state index < -0.39 is 5.82 Å². The van der Waals surface area contributed by atoms with Gasteiger partial charge < -0.3 is 4.74 Å². The molecule has 2 aromatic rings. The van der Waals surface area contributed by atoms with E-state index in [2.05, 4.69) is 15.9 Å². The second-order valence-electron chi connectivity index (χ2n) is 3.79. The predicted octanol–water partition coefficient (Wildman–Crippen LogP) is 4.50. The topological polar surface area (TPSA) is 26.3 Å². The van der Waals surface area contributed by atoms with Gasteiger partial charge in [0.15, 0.2) is 24.0 Å².